The van der Waals surface area contributed by atoms with E-state index in [0.29, 0.717) is 30.1 Å². The highest BCUT2D eigenvalue weighted by molar-refractivity contribution is 7.98. The van der Waals surface area contributed by atoms with Crippen molar-refractivity contribution in [3.8, 4) is 11.1 Å². The van der Waals surface area contributed by atoms with E-state index in [1.807, 2.05) is 70.3 Å². The molecule has 3 rings (SSSR count). The van der Waals surface area contributed by atoms with Crippen LogP contribution >= 0.6 is 11.8 Å². The Morgan fingerprint density at radius 3 is 2.37 bits per heavy atom. The first kappa shape index (κ1) is 32.7. The normalized spacial score (nSPS) is 15.6. The van der Waals surface area contributed by atoms with Gasteiger partial charge in [0, 0.05) is 5.56 Å². The number of hydrogen-bond acceptors (Lipinski definition) is 5. The number of rotatable bonds is 13. The van der Waals surface area contributed by atoms with E-state index in [0.717, 1.165) is 35.1 Å². The first-order valence-corrected chi connectivity index (χ1v) is 16.3. The number of nitrogens with one attached hydrogen (secondary N) is 1. The summed E-state index contributed by atoms with van der Waals surface area (Å²) in [7, 11) is 0. The molecule has 224 valence electrons. The molecule has 6 nitrogen and oxygen atoms in total. The van der Waals surface area contributed by atoms with Crippen molar-refractivity contribution in [1.29, 1.82) is 0 Å². The lowest BCUT2D eigenvalue weighted by Crippen LogP contribution is -2.41. The van der Waals surface area contributed by atoms with Gasteiger partial charge in [0.1, 0.15) is 11.6 Å². The van der Waals surface area contributed by atoms with Crippen molar-refractivity contribution in [2.45, 2.75) is 97.1 Å². The average Bonchev–Trinajstić information content (AvgIpc) is 2.92. The smallest absolute Gasteiger partial charge is 0.326 e. The highest BCUT2D eigenvalue weighted by atomic mass is 32.2. The Morgan fingerprint density at radius 1 is 1.02 bits per heavy atom. The molecule has 7 heteroatoms. The minimum absolute atomic E-state index is 0.175. The van der Waals surface area contributed by atoms with Crippen molar-refractivity contribution < 1.29 is 24.2 Å². The molecule has 2 unspecified atom stereocenters. The summed E-state index contributed by atoms with van der Waals surface area (Å²) in [6, 6.07) is 12.6. The Bertz CT molecular complexity index is 1180. The topological polar surface area (TPSA) is 92.7 Å². The molecule has 1 fully saturated rings. The highest BCUT2D eigenvalue weighted by Crippen LogP contribution is 2.32. The second kappa shape index (κ2) is 15.4. The molecule has 0 aliphatic heterocycles. The van der Waals surface area contributed by atoms with Gasteiger partial charge in [-0.1, -0.05) is 68.5 Å². The Morgan fingerprint density at radius 2 is 1.73 bits per heavy atom. The number of carboxylic acid groups (broad SMARTS) is 1. The second-order valence-corrected chi connectivity index (χ2v) is 13.3. The largest absolute Gasteiger partial charge is 0.480 e. The first-order chi connectivity index (χ1) is 19.5. The zero-order valence-electron chi connectivity index (χ0n) is 25.3. The summed E-state index contributed by atoms with van der Waals surface area (Å²) in [5, 5.41) is 12.4. The Labute approximate surface area is 250 Å². The summed E-state index contributed by atoms with van der Waals surface area (Å²) in [5.41, 5.74) is 3.47. The Balaban J connectivity index is 1.93. The third-order valence-corrected chi connectivity index (χ3v) is 8.49. The maximum atomic E-state index is 13.4. The summed E-state index contributed by atoms with van der Waals surface area (Å²) in [6.45, 7) is 7.69. The summed E-state index contributed by atoms with van der Waals surface area (Å²) < 4.78 is 5.85. The average molecular weight is 582 g/mol. The molecule has 1 aliphatic carbocycles. The summed E-state index contributed by atoms with van der Waals surface area (Å²) in [5.74, 6) is -0.609. The molecular weight excluding hydrogens is 534 g/mol. The van der Waals surface area contributed by atoms with Crippen LogP contribution in [0.3, 0.4) is 0 Å². The third-order valence-electron chi connectivity index (χ3n) is 7.85. The minimum Gasteiger partial charge on any atom is -0.480 e. The summed E-state index contributed by atoms with van der Waals surface area (Å²) >= 11 is 1.55. The van der Waals surface area contributed by atoms with Crippen LogP contribution in [-0.4, -0.2) is 46.6 Å². The van der Waals surface area contributed by atoms with Crippen LogP contribution in [0.4, 0.5) is 0 Å². The number of ether oxygens (including phenoxy) is 1. The van der Waals surface area contributed by atoms with Gasteiger partial charge in [-0.05, 0) is 99.6 Å². The molecule has 2 N–H and O–H groups in total. The summed E-state index contributed by atoms with van der Waals surface area (Å²) in [4.78, 5) is 38.6. The lowest BCUT2D eigenvalue weighted by molar-refractivity contribution is -0.160. The molecule has 0 saturated heterocycles. The lowest BCUT2D eigenvalue weighted by Gasteiger charge is -2.27. The van der Waals surface area contributed by atoms with Crippen LogP contribution in [0.2, 0.25) is 0 Å². The number of carboxylic acids is 1. The number of benzene rings is 2. The van der Waals surface area contributed by atoms with Crippen molar-refractivity contribution >= 4 is 29.6 Å². The number of carbonyl (C=O) groups excluding carboxylic acids is 2. The molecule has 0 heterocycles. The number of aliphatic carboxylic acids is 1. The van der Waals surface area contributed by atoms with Crippen molar-refractivity contribution in [2.75, 3.05) is 12.0 Å². The molecule has 2 aromatic carbocycles. The molecule has 2 aromatic rings. The van der Waals surface area contributed by atoms with E-state index in [2.05, 4.69) is 5.32 Å². The molecule has 0 radical (unpaired) electrons. The minimum atomic E-state index is -1.04. The van der Waals surface area contributed by atoms with Crippen LogP contribution in [0.5, 0.6) is 0 Å². The van der Waals surface area contributed by atoms with Crippen LogP contribution in [0, 0.1) is 18.8 Å². The van der Waals surface area contributed by atoms with Gasteiger partial charge >= 0.3 is 11.9 Å². The third kappa shape index (κ3) is 10.2. The van der Waals surface area contributed by atoms with Crippen molar-refractivity contribution in [3.63, 3.8) is 0 Å². The van der Waals surface area contributed by atoms with Crippen molar-refractivity contribution in [3.05, 3.63) is 59.2 Å². The number of aryl methyl sites for hydroxylation is 1. The molecule has 1 amide bonds. The lowest BCUT2D eigenvalue weighted by atomic mass is 9.82. The predicted molar refractivity (Wildman–Crippen MR) is 167 cm³/mol. The van der Waals surface area contributed by atoms with Crippen LogP contribution in [-0.2, 0) is 20.7 Å². The Hall–Kier alpha value is -2.80. The number of thioether (sulfide) groups is 1. The maximum absolute atomic E-state index is 13.4. The second-order valence-electron chi connectivity index (χ2n) is 12.4. The van der Waals surface area contributed by atoms with Crippen molar-refractivity contribution in [1.82, 2.24) is 5.32 Å². The molecule has 0 bridgehead atoms. The van der Waals surface area contributed by atoms with Crippen LogP contribution in [0.1, 0.15) is 93.6 Å². The SMILES string of the molecule is CSCCC(NC(=O)c1ccc(CC(CCC2CCCCC2)C(=O)OC(C)(C)C)cc1-c1ccccc1C)C(=O)O. The number of amides is 1. The van der Waals surface area contributed by atoms with E-state index < -0.39 is 23.5 Å². The van der Waals surface area contributed by atoms with E-state index in [4.69, 9.17) is 4.74 Å². The number of hydrogen-bond donors (Lipinski definition) is 2. The van der Waals surface area contributed by atoms with E-state index in [1.165, 1.54) is 32.1 Å². The molecule has 41 heavy (non-hydrogen) atoms. The Kier molecular flexibility index (Phi) is 12.3. The van der Waals surface area contributed by atoms with Crippen LogP contribution < -0.4 is 5.32 Å². The van der Waals surface area contributed by atoms with Gasteiger partial charge in [0.15, 0.2) is 0 Å². The van der Waals surface area contributed by atoms with Gasteiger partial charge in [0.2, 0.25) is 0 Å². The van der Waals surface area contributed by atoms with Gasteiger partial charge in [-0.15, -0.1) is 0 Å². The van der Waals surface area contributed by atoms with Gasteiger partial charge in [-0.2, -0.15) is 11.8 Å². The molecule has 0 spiro atoms. The zero-order valence-corrected chi connectivity index (χ0v) is 26.1. The predicted octanol–water partition coefficient (Wildman–Crippen LogP) is 7.46. The fourth-order valence-electron chi connectivity index (χ4n) is 5.63. The fraction of sp³-hybridized carbons (Fsp3) is 0.559. The van der Waals surface area contributed by atoms with Crippen molar-refractivity contribution in [2.24, 2.45) is 11.8 Å². The maximum Gasteiger partial charge on any atom is 0.326 e. The van der Waals surface area contributed by atoms with Gasteiger partial charge in [0.05, 0.1) is 5.92 Å². The van der Waals surface area contributed by atoms with Gasteiger partial charge in [0.25, 0.3) is 5.91 Å². The molecular formula is C34H47NO5S. The van der Waals surface area contributed by atoms with Crippen LogP contribution in [0.15, 0.2) is 42.5 Å². The van der Waals surface area contributed by atoms with E-state index in [1.54, 1.807) is 17.8 Å². The molecule has 2 atom stereocenters. The zero-order chi connectivity index (χ0) is 30.0. The van der Waals surface area contributed by atoms with E-state index in [9.17, 15) is 19.5 Å². The van der Waals surface area contributed by atoms with Crippen LogP contribution in [0.25, 0.3) is 11.1 Å². The fourth-order valence-corrected chi connectivity index (χ4v) is 6.10. The van der Waals surface area contributed by atoms with Gasteiger partial charge in [-0.3, -0.25) is 9.59 Å². The van der Waals surface area contributed by atoms with E-state index in [-0.39, 0.29) is 11.9 Å². The summed E-state index contributed by atoms with van der Waals surface area (Å²) in [6.07, 6.45) is 10.9. The number of esters is 1. The van der Waals surface area contributed by atoms with E-state index >= 15 is 0 Å². The molecule has 1 aliphatic rings. The molecule has 1 saturated carbocycles. The highest BCUT2D eigenvalue weighted by Gasteiger charge is 2.28. The monoisotopic (exact) mass is 581 g/mol. The van der Waals surface area contributed by atoms with Gasteiger partial charge in [-0.25, -0.2) is 4.79 Å². The standard InChI is InChI=1S/C34H47NO5S/c1-23-11-9-10-14-27(23)29-22-25(16-18-28(29)31(36)35-30(32(37)38)19-20-41-5)21-26(33(39)40-34(2,3)4)17-15-24-12-7-6-8-13-24/h9-11,14,16,18,22,24,26,30H,6-8,12-13,15,17,19-21H2,1-5H3,(H,35,36)(H,37,38). The number of carbonyl (C=O) groups is 3. The molecule has 0 aromatic heterocycles. The van der Waals surface area contributed by atoms with Gasteiger partial charge < -0.3 is 15.2 Å². The quantitative estimate of drug-likeness (QED) is 0.239. The first-order valence-electron chi connectivity index (χ1n) is 14.9.